The highest BCUT2D eigenvalue weighted by molar-refractivity contribution is 7.98. The summed E-state index contributed by atoms with van der Waals surface area (Å²) in [4.78, 5) is 33.1. The predicted octanol–water partition coefficient (Wildman–Crippen LogP) is -1.43. The van der Waals surface area contributed by atoms with Crippen molar-refractivity contribution in [2.75, 3.05) is 12.3 Å². The number of aromatic nitrogens is 4. The van der Waals surface area contributed by atoms with Crippen molar-refractivity contribution < 1.29 is 33.8 Å². The molecule has 1 aromatic carbocycles. The Bertz CT molecular complexity index is 1240. The summed E-state index contributed by atoms with van der Waals surface area (Å²) in [5.41, 5.74) is 6.25. The molecule has 2 saturated heterocycles. The zero-order valence-electron chi connectivity index (χ0n) is 16.8. The molecule has 2 aliphatic rings. The van der Waals surface area contributed by atoms with Gasteiger partial charge in [0.2, 0.25) is 5.95 Å². The number of thioether (sulfide) groups is 1. The van der Waals surface area contributed by atoms with Crippen molar-refractivity contribution in [1.82, 2.24) is 19.5 Å². The zero-order chi connectivity index (χ0) is 23.3. The lowest BCUT2D eigenvalue weighted by Gasteiger charge is -2.27. The molecule has 0 radical (unpaired) electrons. The van der Waals surface area contributed by atoms with Crippen LogP contribution >= 0.6 is 20.4 Å². The first kappa shape index (κ1) is 22.7. The molecular weight excluding hydrogens is 476 g/mol. The van der Waals surface area contributed by atoms with Crippen molar-refractivity contribution in [1.29, 1.82) is 0 Å². The molecule has 0 amide bonds. The molecule has 5 atom stereocenters. The van der Waals surface area contributed by atoms with Crippen molar-refractivity contribution in [2.45, 2.75) is 35.4 Å². The number of nitrogens with zero attached hydrogens (tertiary/aromatic N) is 3. The Morgan fingerprint density at radius 1 is 1.33 bits per heavy atom. The molecule has 16 heteroatoms. The normalized spacial score (nSPS) is 27.1. The second-order valence-electron chi connectivity index (χ2n) is 7.41. The largest absolute Gasteiger partial charge is 0.488 e. The number of ether oxygens (including phenoxy) is 1. The topological polar surface area (TPSA) is 198 Å². The standard InChI is InChI=1S/C17H19BN5O8PS/c19-16-21-13-10(14(25)22-16)20-17(33-6-7-3-1-2-4-8(7)18(26)27)23(13)15-11(24)12-9(30-15)5-29-32(28)31-12/h1-4,9,11-12,15,24,26-28H,5-6H2,(H3,19,21,22,25)/t9?,11?,12-,15-,32?/m1/s1. The summed E-state index contributed by atoms with van der Waals surface area (Å²) < 4.78 is 17.8. The first-order valence-electron chi connectivity index (χ1n) is 9.80. The Hall–Kier alpha value is -2.07. The molecule has 33 heavy (non-hydrogen) atoms. The molecule has 0 spiro atoms. The number of nitrogens with two attached hydrogens (primary N) is 1. The zero-order valence-corrected chi connectivity index (χ0v) is 18.5. The number of aromatic amines is 1. The molecular formula is C17H19BN5O8PS. The number of nitrogen functional groups attached to an aromatic ring is 1. The van der Waals surface area contributed by atoms with Crippen molar-refractivity contribution in [3.05, 3.63) is 40.2 Å². The highest BCUT2D eigenvalue weighted by Gasteiger charge is 2.50. The molecule has 0 bridgehead atoms. The molecule has 3 unspecified atom stereocenters. The van der Waals surface area contributed by atoms with E-state index in [0.29, 0.717) is 11.0 Å². The minimum Gasteiger partial charge on any atom is -0.423 e. The van der Waals surface area contributed by atoms with E-state index in [0.717, 1.165) is 0 Å². The molecule has 2 fully saturated rings. The monoisotopic (exact) mass is 495 g/mol. The van der Waals surface area contributed by atoms with Gasteiger partial charge in [0.1, 0.15) is 18.3 Å². The predicted molar refractivity (Wildman–Crippen MR) is 118 cm³/mol. The SMILES string of the molecule is Nc1nc2c(nc(SCc3ccccc3B(O)O)n2[C@@H]2OC3COP(O)O[C@H]3C2O)c(=O)[nH]1. The Labute approximate surface area is 191 Å². The number of hydrogen-bond acceptors (Lipinski definition) is 12. The average Bonchev–Trinajstić information content (AvgIpc) is 3.29. The Morgan fingerprint density at radius 3 is 2.91 bits per heavy atom. The lowest BCUT2D eigenvalue weighted by molar-refractivity contribution is -0.0614. The highest BCUT2D eigenvalue weighted by Crippen LogP contribution is 2.47. The summed E-state index contributed by atoms with van der Waals surface area (Å²) in [7, 11) is -3.79. The average molecular weight is 495 g/mol. The van der Waals surface area contributed by atoms with E-state index in [1.54, 1.807) is 24.3 Å². The fraction of sp³-hybridized carbons (Fsp3) is 0.353. The van der Waals surface area contributed by atoms with Crippen LogP contribution in [0.2, 0.25) is 0 Å². The van der Waals surface area contributed by atoms with Crippen LogP contribution in [0.3, 0.4) is 0 Å². The summed E-state index contributed by atoms with van der Waals surface area (Å²) in [5, 5.41) is 30.5. The second kappa shape index (κ2) is 8.94. The van der Waals surface area contributed by atoms with E-state index in [4.69, 9.17) is 19.5 Å². The van der Waals surface area contributed by atoms with Crippen LogP contribution in [0.4, 0.5) is 5.95 Å². The van der Waals surface area contributed by atoms with Gasteiger partial charge < -0.3 is 39.6 Å². The van der Waals surface area contributed by atoms with Crippen LogP contribution in [0.1, 0.15) is 11.8 Å². The number of hydrogen-bond donors (Lipinski definition) is 6. The summed E-state index contributed by atoms with van der Waals surface area (Å²) >= 11 is 1.18. The second-order valence-corrected chi connectivity index (χ2v) is 9.30. The van der Waals surface area contributed by atoms with Gasteiger partial charge in [-0.1, -0.05) is 36.0 Å². The highest BCUT2D eigenvalue weighted by atomic mass is 32.2. The van der Waals surface area contributed by atoms with Gasteiger partial charge in [-0.05, 0) is 11.0 Å². The van der Waals surface area contributed by atoms with E-state index in [9.17, 15) is 24.8 Å². The van der Waals surface area contributed by atoms with Gasteiger partial charge in [-0.2, -0.15) is 4.98 Å². The van der Waals surface area contributed by atoms with Crippen LogP contribution in [-0.2, 0) is 19.5 Å². The van der Waals surface area contributed by atoms with Crippen LogP contribution in [-0.4, -0.2) is 71.6 Å². The molecule has 0 saturated carbocycles. The molecule has 3 aromatic rings. The third kappa shape index (κ3) is 4.16. The number of anilines is 1. The third-order valence-corrected chi connectivity index (χ3v) is 7.15. The summed E-state index contributed by atoms with van der Waals surface area (Å²) in [6.07, 6.45) is -3.78. The third-order valence-electron chi connectivity index (χ3n) is 5.35. The van der Waals surface area contributed by atoms with Gasteiger partial charge in [0, 0.05) is 5.75 Å². The first-order chi connectivity index (χ1) is 15.8. The van der Waals surface area contributed by atoms with Crippen molar-refractivity contribution in [2.24, 2.45) is 0 Å². The van der Waals surface area contributed by atoms with Crippen LogP contribution in [0, 0.1) is 0 Å². The van der Waals surface area contributed by atoms with Gasteiger partial charge in [-0.15, -0.1) is 0 Å². The van der Waals surface area contributed by atoms with Gasteiger partial charge in [-0.25, -0.2) is 4.98 Å². The van der Waals surface area contributed by atoms with E-state index < -0.39 is 45.8 Å². The number of H-pyrrole nitrogens is 1. The maximum atomic E-state index is 12.5. The fourth-order valence-corrected chi connectivity index (χ4v) is 5.68. The van der Waals surface area contributed by atoms with E-state index in [1.165, 1.54) is 16.3 Å². The quantitative estimate of drug-likeness (QED) is 0.137. The molecule has 2 aromatic heterocycles. The number of rotatable bonds is 5. The van der Waals surface area contributed by atoms with Crippen molar-refractivity contribution in [3.8, 4) is 0 Å². The minimum absolute atomic E-state index is 0.00516. The van der Waals surface area contributed by atoms with Crippen LogP contribution in [0.25, 0.3) is 11.2 Å². The number of aliphatic hydroxyl groups excluding tert-OH is 1. The lowest BCUT2D eigenvalue weighted by Crippen LogP contribution is -2.38. The maximum Gasteiger partial charge on any atom is 0.488 e. The Balaban J connectivity index is 1.55. The molecule has 174 valence electrons. The number of aliphatic hydroxyl groups is 1. The molecule has 5 rings (SSSR count). The molecule has 4 heterocycles. The Morgan fingerprint density at radius 2 is 2.12 bits per heavy atom. The smallest absolute Gasteiger partial charge is 0.423 e. The molecule has 2 aliphatic heterocycles. The summed E-state index contributed by atoms with van der Waals surface area (Å²) in [5.74, 6) is 0.129. The number of benzene rings is 1. The Kier molecular flexibility index (Phi) is 6.16. The van der Waals surface area contributed by atoms with Crippen molar-refractivity contribution in [3.63, 3.8) is 0 Å². The minimum atomic E-state index is -2.13. The van der Waals surface area contributed by atoms with Gasteiger partial charge >= 0.3 is 15.7 Å². The number of fused-ring (bicyclic) bond motifs is 2. The van der Waals surface area contributed by atoms with Crippen LogP contribution < -0.4 is 16.8 Å². The summed E-state index contributed by atoms with van der Waals surface area (Å²) in [6.45, 7) is 0.0213. The molecule has 7 N–H and O–H groups in total. The molecule has 0 aliphatic carbocycles. The van der Waals surface area contributed by atoms with Gasteiger partial charge in [0.25, 0.3) is 5.56 Å². The van der Waals surface area contributed by atoms with Crippen LogP contribution in [0.5, 0.6) is 0 Å². The van der Waals surface area contributed by atoms with Crippen molar-refractivity contribution >= 4 is 50.1 Å². The van der Waals surface area contributed by atoms with E-state index in [-0.39, 0.29) is 34.6 Å². The van der Waals surface area contributed by atoms with Crippen LogP contribution in [0.15, 0.2) is 34.2 Å². The number of imidazole rings is 1. The van der Waals surface area contributed by atoms with E-state index in [1.807, 2.05) is 0 Å². The molecule has 13 nitrogen and oxygen atoms in total. The lowest BCUT2D eigenvalue weighted by atomic mass is 9.77. The van der Waals surface area contributed by atoms with E-state index >= 15 is 0 Å². The van der Waals surface area contributed by atoms with E-state index in [2.05, 4.69) is 15.0 Å². The maximum absolute atomic E-state index is 12.5. The van der Waals surface area contributed by atoms with Gasteiger partial charge in [0.15, 0.2) is 22.5 Å². The van der Waals surface area contributed by atoms with Gasteiger partial charge in [-0.3, -0.25) is 14.3 Å². The van der Waals surface area contributed by atoms with Gasteiger partial charge in [0.05, 0.1) is 6.61 Å². The summed E-state index contributed by atoms with van der Waals surface area (Å²) in [6, 6.07) is 6.78. The number of nitrogens with one attached hydrogen (secondary N) is 1. The first-order valence-corrected chi connectivity index (χ1v) is 11.9. The fourth-order valence-electron chi connectivity index (χ4n) is 3.84.